The summed E-state index contributed by atoms with van der Waals surface area (Å²) in [6, 6.07) is 12.7. The van der Waals surface area contributed by atoms with Gasteiger partial charge in [-0.15, -0.1) is 0 Å². The highest BCUT2D eigenvalue weighted by atomic mass is 35.5. The minimum Gasteiger partial charge on any atom is -0.325 e. The first kappa shape index (κ1) is 19.4. The standard InChI is InChI=1S/C18H21ClN2O3S/c1-13-8-9-14(2)17(10-13)20-18(22)12-21(25(3,23)24)11-15-6-4-5-7-16(15)19/h4-10H,11-12H2,1-3H3,(H,20,22). The third-order valence-electron chi connectivity index (χ3n) is 3.76. The molecule has 2 aromatic carbocycles. The Morgan fingerprint density at radius 2 is 1.84 bits per heavy atom. The molecule has 1 N–H and O–H groups in total. The van der Waals surface area contributed by atoms with Crippen LogP contribution < -0.4 is 5.32 Å². The summed E-state index contributed by atoms with van der Waals surface area (Å²) in [7, 11) is -3.57. The quantitative estimate of drug-likeness (QED) is 0.835. The van der Waals surface area contributed by atoms with E-state index in [4.69, 9.17) is 11.6 Å². The third kappa shape index (κ3) is 5.56. The third-order valence-corrected chi connectivity index (χ3v) is 5.33. The zero-order chi connectivity index (χ0) is 18.6. The molecule has 0 saturated carbocycles. The van der Waals surface area contributed by atoms with Gasteiger partial charge >= 0.3 is 0 Å². The van der Waals surface area contributed by atoms with Gasteiger partial charge in [-0.05, 0) is 42.7 Å². The van der Waals surface area contributed by atoms with Gasteiger partial charge in [0.15, 0.2) is 0 Å². The van der Waals surface area contributed by atoms with Crippen LogP contribution in [0.5, 0.6) is 0 Å². The van der Waals surface area contributed by atoms with E-state index in [2.05, 4.69) is 5.32 Å². The van der Waals surface area contributed by atoms with Crippen LogP contribution in [0.15, 0.2) is 42.5 Å². The van der Waals surface area contributed by atoms with E-state index >= 15 is 0 Å². The smallest absolute Gasteiger partial charge is 0.239 e. The molecule has 0 radical (unpaired) electrons. The Morgan fingerprint density at radius 1 is 1.16 bits per heavy atom. The molecule has 0 aliphatic rings. The molecule has 0 heterocycles. The molecular formula is C18H21ClN2O3S. The van der Waals surface area contributed by atoms with E-state index in [9.17, 15) is 13.2 Å². The normalized spacial score (nSPS) is 11.6. The predicted molar refractivity (Wildman–Crippen MR) is 101 cm³/mol. The molecule has 0 spiro atoms. The van der Waals surface area contributed by atoms with Crippen molar-refractivity contribution in [2.75, 3.05) is 18.1 Å². The highest BCUT2D eigenvalue weighted by Crippen LogP contribution is 2.19. The number of amides is 1. The number of hydrogen-bond donors (Lipinski definition) is 1. The van der Waals surface area contributed by atoms with Crippen LogP contribution >= 0.6 is 11.6 Å². The maximum Gasteiger partial charge on any atom is 0.239 e. The topological polar surface area (TPSA) is 66.5 Å². The minimum atomic E-state index is -3.57. The number of sulfonamides is 1. The molecule has 1 amide bonds. The second-order valence-electron chi connectivity index (χ2n) is 5.99. The Morgan fingerprint density at radius 3 is 2.48 bits per heavy atom. The van der Waals surface area contributed by atoms with Gasteiger partial charge in [-0.3, -0.25) is 4.79 Å². The van der Waals surface area contributed by atoms with E-state index < -0.39 is 15.9 Å². The molecule has 7 heteroatoms. The van der Waals surface area contributed by atoms with Crippen molar-refractivity contribution in [2.45, 2.75) is 20.4 Å². The molecule has 0 aliphatic carbocycles. The molecule has 0 aliphatic heterocycles. The SMILES string of the molecule is Cc1ccc(C)c(NC(=O)CN(Cc2ccccc2Cl)S(C)(=O)=O)c1. The predicted octanol–water partition coefficient (Wildman–Crippen LogP) is 3.36. The molecule has 0 aromatic heterocycles. The van der Waals surface area contributed by atoms with Crippen LogP contribution in [0.4, 0.5) is 5.69 Å². The van der Waals surface area contributed by atoms with Gasteiger partial charge in [0.25, 0.3) is 0 Å². The average molecular weight is 381 g/mol. The summed E-state index contributed by atoms with van der Waals surface area (Å²) in [5.74, 6) is -0.397. The van der Waals surface area contributed by atoms with Crippen LogP contribution in [0.25, 0.3) is 0 Å². The number of aryl methyl sites for hydroxylation is 2. The maximum atomic E-state index is 12.4. The Balaban J connectivity index is 2.16. The molecule has 2 rings (SSSR count). The summed E-state index contributed by atoms with van der Waals surface area (Å²) >= 11 is 6.10. The van der Waals surface area contributed by atoms with Crippen molar-refractivity contribution in [3.8, 4) is 0 Å². The molecular weight excluding hydrogens is 360 g/mol. The number of nitrogens with one attached hydrogen (secondary N) is 1. The van der Waals surface area contributed by atoms with Gasteiger partial charge in [0.1, 0.15) is 0 Å². The number of benzene rings is 2. The lowest BCUT2D eigenvalue weighted by Gasteiger charge is -2.20. The maximum absolute atomic E-state index is 12.4. The van der Waals surface area contributed by atoms with E-state index in [-0.39, 0.29) is 13.1 Å². The van der Waals surface area contributed by atoms with Crippen molar-refractivity contribution >= 4 is 33.2 Å². The van der Waals surface area contributed by atoms with Crippen molar-refractivity contribution in [1.82, 2.24) is 4.31 Å². The van der Waals surface area contributed by atoms with Gasteiger partial charge in [-0.2, -0.15) is 4.31 Å². The summed E-state index contributed by atoms with van der Waals surface area (Å²) in [6.07, 6.45) is 1.08. The Kier molecular flexibility index (Phi) is 6.21. The lowest BCUT2D eigenvalue weighted by molar-refractivity contribution is -0.116. The van der Waals surface area contributed by atoms with Gasteiger partial charge in [0.05, 0.1) is 12.8 Å². The summed E-state index contributed by atoms with van der Waals surface area (Å²) < 4.78 is 25.2. The van der Waals surface area contributed by atoms with Gasteiger partial charge in [0.2, 0.25) is 15.9 Å². The molecule has 25 heavy (non-hydrogen) atoms. The first-order valence-electron chi connectivity index (χ1n) is 7.72. The van der Waals surface area contributed by atoms with Crippen LogP contribution in [0.2, 0.25) is 5.02 Å². The molecule has 0 fully saturated rings. The van der Waals surface area contributed by atoms with Gasteiger partial charge < -0.3 is 5.32 Å². The average Bonchev–Trinajstić information content (AvgIpc) is 2.51. The fourth-order valence-electron chi connectivity index (χ4n) is 2.33. The molecule has 134 valence electrons. The van der Waals surface area contributed by atoms with Crippen molar-refractivity contribution in [3.05, 3.63) is 64.2 Å². The monoisotopic (exact) mass is 380 g/mol. The van der Waals surface area contributed by atoms with Crippen molar-refractivity contribution in [2.24, 2.45) is 0 Å². The number of carbonyl (C=O) groups is 1. The highest BCUT2D eigenvalue weighted by Gasteiger charge is 2.21. The Hall–Kier alpha value is -1.89. The molecule has 0 unspecified atom stereocenters. The van der Waals surface area contributed by atoms with Crippen LogP contribution in [-0.4, -0.2) is 31.4 Å². The number of rotatable bonds is 6. The fraction of sp³-hybridized carbons (Fsp3) is 0.278. The number of anilines is 1. The van der Waals surface area contributed by atoms with Crippen molar-refractivity contribution in [3.63, 3.8) is 0 Å². The molecule has 0 atom stereocenters. The number of carbonyl (C=O) groups excluding carboxylic acids is 1. The van der Waals surface area contributed by atoms with Gasteiger partial charge in [-0.1, -0.05) is 41.9 Å². The van der Waals surface area contributed by atoms with E-state index in [1.54, 1.807) is 24.3 Å². The zero-order valence-corrected chi connectivity index (χ0v) is 16.0. The second kappa shape index (κ2) is 7.99. The lowest BCUT2D eigenvalue weighted by Crippen LogP contribution is -2.37. The highest BCUT2D eigenvalue weighted by molar-refractivity contribution is 7.88. The van der Waals surface area contributed by atoms with Crippen molar-refractivity contribution < 1.29 is 13.2 Å². The number of halogens is 1. The molecule has 5 nitrogen and oxygen atoms in total. The molecule has 0 saturated heterocycles. The summed E-state index contributed by atoms with van der Waals surface area (Å²) in [4.78, 5) is 12.4. The van der Waals surface area contributed by atoms with Gasteiger partial charge in [-0.25, -0.2) is 8.42 Å². The fourth-order valence-corrected chi connectivity index (χ4v) is 3.25. The summed E-state index contributed by atoms with van der Waals surface area (Å²) in [6.45, 7) is 3.57. The second-order valence-corrected chi connectivity index (χ2v) is 8.38. The number of nitrogens with zero attached hydrogens (tertiary/aromatic N) is 1. The number of hydrogen-bond acceptors (Lipinski definition) is 3. The Labute approximate surface area is 153 Å². The zero-order valence-electron chi connectivity index (χ0n) is 14.4. The van der Waals surface area contributed by atoms with E-state index in [1.165, 1.54) is 0 Å². The van der Waals surface area contributed by atoms with E-state index in [0.29, 0.717) is 16.3 Å². The lowest BCUT2D eigenvalue weighted by atomic mass is 10.1. The van der Waals surface area contributed by atoms with Crippen LogP contribution in [-0.2, 0) is 21.4 Å². The van der Waals surface area contributed by atoms with Crippen LogP contribution in [0, 0.1) is 13.8 Å². The minimum absolute atomic E-state index is 0.0404. The van der Waals surface area contributed by atoms with Gasteiger partial charge in [0, 0.05) is 17.3 Å². The van der Waals surface area contributed by atoms with Crippen LogP contribution in [0.1, 0.15) is 16.7 Å². The first-order chi connectivity index (χ1) is 11.7. The molecule has 0 bridgehead atoms. The van der Waals surface area contributed by atoms with Crippen molar-refractivity contribution in [1.29, 1.82) is 0 Å². The summed E-state index contributed by atoms with van der Waals surface area (Å²) in [5.41, 5.74) is 3.25. The Bertz CT molecular complexity index is 882. The largest absolute Gasteiger partial charge is 0.325 e. The molecule has 2 aromatic rings. The van der Waals surface area contributed by atoms with E-state index in [0.717, 1.165) is 21.7 Å². The van der Waals surface area contributed by atoms with Crippen LogP contribution in [0.3, 0.4) is 0 Å². The summed E-state index contributed by atoms with van der Waals surface area (Å²) in [5, 5.41) is 3.24. The first-order valence-corrected chi connectivity index (χ1v) is 9.95. The van der Waals surface area contributed by atoms with E-state index in [1.807, 2.05) is 32.0 Å².